The highest BCUT2D eigenvalue weighted by Crippen LogP contribution is 2.30. The summed E-state index contributed by atoms with van der Waals surface area (Å²) in [5, 5.41) is 4.67. The van der Waals surface area contributed by atoms with E-state index in [2.05, 4.69) is 15.5 Å². The first-order chi connectivity index (χ1) is 7.59. The van der Waals surface area contributed by atoms with Crippen molar-refractivity contribution in [3.63, 3.8) is 0 Å². The lowest BCUT2D eigenvalue weighted by Gasteiger charge is -2.21. The van der Waals surface area contributed by atoms with Crippen molar-refractivity contribution in [1.82, 2.24) is 5.43 Å². The lowest BCUT2D eigenvalue weighted by atomic mass is 10.1. The van der Waals surface area contributed by atoms with E-state index >= 15 is 0 Å². The molecule has 0 aliphatic carbocycles. The van der Waals surface area contributed by atoms with E-state index in [9.17, 15) is 0 Å². The van der Waals surface area contributed by atoms with Gasteiger partial charge in [-0.25, -0.2) is 0 Å². The summed E-state index contributed by atoms with van der Waals surface area (Å²) in [6.45, 7) is 0. The lowest BCUT2D eigenvalue weighted by Crippen LogP contribution is -2.37. The quantitative estimate of drug-likeness (QED) is 0.707. The van der Waals surface area contributed by atoms with Crippen molar-refractivity contribution in [1.29, 1.82) is 0 Å². The Kier molecular flexibility index (Phi) is 2.89. The van der Waals surface area contributed by atoms with Crippen LogP contribution in [0.2, 0.25) is 10.0 Å². The van der Waals surface area contributed by atoms with Crippen molar-refractivity contribution in [2.24, 2.45) is 21.6 Å². The first-order valence-corrected chi connectivity index (χ1v) is 5.22. The van der Waals surface area contributed by atoms with Crippen LogP contribution in [0.15, 0.2) is 28.3 Å². The molecule has 5 nitrogen and oxygen atoms in total. The first-order valence-electron chi connectivity index (χ1n) is 4.46. The molecule has 0 spiro atoms. The molecule has 5 N–H and O–H groups in total. The molecular formula is C9H9Cl2N5. The molecule has 16 heavy (non-hydrogen) atoms. The topological polar surface area (TPSA) is 88.8 Å². The van der Waals surface area contributed by atoms with Crippen LogP contribution in [0.3, 0.4) is 0 Å². The Balaban J connectivity index is 2.40. The number of aliphatic imine (C=N–C) groups is 1. The van der Waals surface area contributed by atoms with Gasteiger partial charge in [0.05, 0.1) is 10.0 Å². The number of nitrogens with zero attached hydrogens (tertiary/aromatic N) is 2. The second-order valence-corrected chi connectivity index (χ2v) is 4.00. The predicted molar refractivity (Wildman–Crippen MR) is 65.6 cm³/mol. The van der Waals surface area contributed by atoms with Crippen molar-refractivity contribution >= 4 is 35.0 Å². The third kappa shape index (κ3) is 1.91. The second kappa shape index (κ2) is 4.19. The molecule has 7 heteroatoms. The van der Waals surface area contributed by atoms with E-state index in [4.69, 9.17) is 34.7 Å². The van der Waals surface area contributed by atoms with Crippen LogP contribution in [0.25, 0.3) is 0 Å². The highest BCUT2D eigenvalue weighted by atomic mass is 35.5. The highest BCUT2D eigenvalue weighted by Gasteiger charge is 2.22. The standard InChI is InChI=1S/C9H9Cl2N5/c10-5-3-1-2-4(6(5)11)7-8(12)14-9(13)16-15-7/h1-3,7,15H,(H4,12,13,14,16). The molecule has 1 unspecified atom stereocenters. The number of nitrogens with one attached hydrogen (secondary N) is 1. The highest BCUT2D eigenvalue weighted by molar-refractivity contribution is 6.42. The van der Waals surface area contributed by atoms with E-state index in [-0.39, 0.29) is 5.96 Å². The van der Waals surface area contributed by atoms with Crippen molar-refractivity contribution in [3.05, 3.63) is 33.8 Å². The van der Waals surface area contributed by atoms with Crippen molar-refractivity contribution in [3.8, 4) is 0 Å². The molecule has 1 atom stereocenters. The minimum absolute atomic E-state index is 0.0897. The number of nitrogens with two attached hydrogens (primary N) is 2. The van der Waals surface area contributed by atoms with E-state index in [1.165, 1.54) is 0 Å². The molecule has 0 amide bonds. The zero-order valence-corrected chi connectivity index (χ0v) is 9.63. The smallest absolute Gasteiger partial charge is 0.239 e. The fourth-order valence-corrected chi connectivity index (χ4v) is 1.81. The third-order valence-electron chi connectivity index (χ3n) is 2.14. The fraction of sp³-hybridized carbons (Fsp3) is 0.111. The normalized spacial score (nSPS) is 19.8. The van der Waals surface area contributed by atoms with Crippen LogP contribution in [0, 0.1) is 0 Å². The SMILES string of the molecule is NC1=NNC(c2cccc(Cl)c2Cl)C(N)=N1. The van der Waals surface area contributed by atoms with Crippen LogP contribution in [0.1, 0.15) is 11.6 Å². The largest absolute Gasteiger partial charge is 0.385 e. The summed E-state index contributed by atoms with van der Waals surface area (Å²) in [7, 11) is 0. The average Bonchev–Trinajstić information content (AvgIpc) is 2.23. The molecule has 1 aromatic carbocycles. The number of hydrazone groups is 1. The minimum atomic E-state index is -0.404. The van der Waals surface area contributed by atoms with Gasteiger partial charge in [0.2, 0.25) is 5.96 Å². The van der Waals surface area contributed by atoms with E-state index in [1.54, 1.807) is 18.2 Å². The van der Waals surface area contributed by atoms with Crippen LogP contribution in [0.5, 0.6) is 0 Å². The van der Waals surface area contributed by atoms with Gasteiger partial charge in [-0.05, 0) is 6.07 Å². The van der Waals surface area contributed by atoms with E-state index in [1.807, 2.05) is 0 Å². The van der Waals surface area contributed by atoms with Crippen LogP contribution in [-0.2, 0) is 0 Å². The first kappa shape index (κ1) is 11.0. The van der Waals surface area contributed by atoms with Gasteiger partial charge >= 0.3 is 0 Å². The third-order valence-corrected chi connectivity index (χ3v) is 2.97. The predicted octanol–water partition coefficient (Wildman–Crippen LogP) is 1.22. The van der Waals surface area contributed by atoms with Gasteiger partial charge in [0.1, 0.15) is 11.9 Å². The van der Waals surface area contributed by atoms with Gasteiger partial charge in [-0.1, -0.05) is 35.3 Å². The van der Waals surface area contributed by atoms with Gasteiger partial charge in [0, 0.05) is 5.56 Å². The minimum Gasteiger partial charge on any atom is -0.385 e. The number of benzene rings is 1. The number of guanidine groups is 1. The zero-order valence-electron chi connectivity index (χ0n) is 8.11. The molecule has 1 aliphatic heterocycles. The maximum atomic E-state index is 6.07. The second-order valence-electron chi connectivity index (χ2n) is 3.21. The van der Waals surface area contributed by atoms with Gasteiger partial charge in [-0.3, -0.25) is 5.43 Å². The molecule has 0 aromatic heterocycles. The Labute approximate surface area is 102 Å². The fourth-order valence-electron chi connectivity index (χ4n) is 1.39. The van der Waals surface area contributed by atoms with Crippen LogP contribution < -0.4 is 16.9 Å². The Morgan fingerprint density at radius 2 is 2.00 bits per heavy atom. The molecule has 1 aliphatic rings. The summed E-state index contributed by atoms with van der Waals surface area (Å²) in [5.74, 6) is 0.392. The summed E-state index contributed by atoms with van der Waals surface area (Å²) in [6, 6.07) is 4.87. The lowest BCUT2D eigenvalue weighted by molar-refractivity contribution is 0.670. The number of hydrogen-bond acceptors (Lipinski definition) is 5. The molecule has 0 saturated heterocycles. The maximum Gasteiger partial charge on any atom is 0.239 e. The Bertz CT molecular complexity index is 483. The number of amidine groups is 1. The van der Waals surface area contributed by atoms with E-state index in [0.717, 1.165) is 0 Å². The van der Waals surface area contributed by atoms with Crippen LogP contribution in [0.4, 0.5) is 0 Å². The van der Waals surface area contributed by atoms with Crippen LogP contribution in [-0.4, -0.2) is 11.8 Å². The monoisotopic (exact) mass is 257 g/mol. The molecule has 0 saturated carbocycles. The summed E-state index contributed by atoms with van der Waals surface area (Å²) in [5.41, 5.74) is 14.6. The van der Waals surface area contributed by atoms with Crippen molar-refractivity contribution in [2.45, 2.75) is 6.04 Å². The van der Waals surface area contributed by atoms with Crippen molar-refractivity contribution < 1.29 is 0 Å². The molecule has 1 aromatic rings. The molecule has 1 heterocycles. The van der Waals surface area contributed by atoms with Gasteiger partial charge in [0.25, 0.3) is 0 Å². The summed E-state index contributed by atoms with van der Waals surface area (Å²) in [4.78, 5) is 3.87. The number of hydrogen-bond donors (Lipinski definition) is 3. The Morgan fingerprint density at radius 1 is 1.25 bits per heavy atom. The zero-order chi connectivity index (χ0) is 11.7. The van der Waals surface area contributed by atoms with E-state index in [0.29, 0.717) is 21.4 Å². The van der Waals surface area contributed by atoms with Gasteiger partial charge in [-0.15, -0.1) is 5.10 Å². The average molecular weight is 258 g/mol. The van der Waals surface area contributed by atoms with E-state index < -0.39 is 6.04 Å². The van der Waals surface area contributed by atoms with Crippen LogP contribution >= 0.6 is 23.2 Å². The molecule has 2 rings (SSSR count). The summed E-state index contributed by atoms with van der Waals surface area (Å²) in [6.07, 6.45) is 0. The Hall–Kier alpha value is -1.46. The molecule has 0 radical (unpaired) electrons. The maximum absolute atomic E-state index is 6.07. The Morgan fingerprint density at radius 3 is 2.69 bits per heavy atom. The van der Waals surface area contributed by atoms with Crippen molar-refractivity contribution in [2.75, 3.05) is 0 Å². The molecular weight excluding hydrogens is 249 g/mol. The van der Waals surface area contributed by atoms with Gasteiger partial charge in [0.15, 0.2) is 0 Å². The molecule has 0 fully saturated rings. The summed E-state index contributed by atoms with van der Waals surface area (Å²) >= 11 is 12.0. The molecule has 84 valence electrons. The number of rotatable bonds is 1. The molecule has 0 bridgehead atoms. The van der Waals surface area contributed by atoms with Gasteiger partial charge in [-0.2, -0.15) is 4.99 Å². The summed E-state index contributed by atoms with van der Waals surface area (Å²) < 4.78 is 0. The van der Waals surface area contributed by atoms with Gasteiger partial charge < -0.3 is 11.5 Å². The number of halogens is 2.